The van der Waals surface area contributed by atoms with E-state index in [2.05, 4.69) is 5.10 Å². The van der Waals surface area contributed by atoms with Crippen LogP contribution in [0.3, 0.4) is 0 Å². The molecule has 3 unspecified atom stereocenters. The fourth-order valence-electron chi connectivity index (χ4n) is 2.65. The molecule has 7 nitrogen and oxygen atoms in total. The van der Waals surface area contributed by atoms with Crippen molar-refractivity contribution < 1.29 is 14.7 Å². The molecule has 1 saturated heterocycles. The van der Waals surface area contributed by atoms with Crippen LogP contribution in [0.5, 0.6) is 0 Å². The Labute approximate surface area is 117 Å². The van der Waals surface area contributed by atoms with Crippen LogP contribution in [-0.4, -0.2) is 44.3 Å². The molecule has 0 aromatic carbocycles. The van der Waals surface area contributed by atoms with Crippen LogP contribution in [0.25, 0.3) is 0 Å². The maximum atomic E-state index is 12.4. The zero-order valence-corrected chi connectivity index (χ0v) is 11.7. The molecule has 1 aromatic heterocycles. The minimum Gasteiger partial charge on any atom is -0.481 e. The normalized spacial score (nSPS) is 24.4. The molecule has 0 spiro atoms. The van der Waals surface area contributed by atoms with Gasteiger partial charge < -0.3 is 15.7 Å². The molecule has 2 heterocycles. The van der Waals surface area contributed by atoms with Gasteiger partial charge in [-0.15, -0.1) is 0 Å². The predicted octanol–water partition coefficient (Wildman–Crippen LogP) is 0.132. The zero-order valence-electron chi connectivity index (χ0n) is 11.7. The van der Waals surface area contributed by atoms with Gasteiger partial charge in [0.2, 0.25) is 5.91 Å². The Balaban J connectivity index is 2.04. The summed E-state index contributed by atoms with van der Waals surface area (Å²) in [6, 6.07) is -0.854. The number of nitrogens with zero attached hydrogens (tertiary/aromatic N) is 3. The van der Waals surface area contributed by atoms with Crippen molar-refractivity contribution in [2.75, 3.05) is 6.54 Å². The molecule has 20 heavy (non-hydrogen) atoms. The summed E-state index contributed by atoms with van der Waals surface area (Å²) in [5.41, 5.74) is 6.65. The van der Waals surface area contributed by atoms with Crippen molar-refractivity contribution >= 4 is 11.9 Å². The van der Waals surface area contributed by atoms with Gasteiger partial charge in [0.15, 0.2) is 0 Å². The van der Waals surface area contributed by atoms with Crippen molar-refractivity contribution in [2.45, 2.75) is 31.8 Å². The van der Waals surface area contributed by atoms with Gasteiger partial charge in [-0.05, 0) is 19.8 Å². The zero-order chi connectivity index (χ0) is 14.9. The molecule has 3 atom stereocenters. The number of rotatable bonds is 3. The maximum absolute atomic E-state index is 12.4. The number of nitrogens with two attached hydrogens (primary N) is 1. The van der Waals surface area contributed by atoms with Crippen LogP contribution in [0.15, 0.2) is 12.4 Å². The third kappa shape index (κ3) is 2.82. The van der Waals surface area contributed by atoms with Crippen molar-refractivity contribution in [3.63, 3.8) is 0 Å². The van der Waals surface area contributed by atoms with Crippen LogP contribution in [0, 0.1) is 5.92 Å². The number of likely N-dealkylation sites (tertiary alicyclic amines) is 1. The summed E-state index contributed by atoms with van der Waals surface area (Å²) in [4.78, 5) is 25.1. The number of aryl methyl sites for hydroxylation is 1. The first-order chi connectivity index (χ1) is 9.40. The molecule has 1 aliphatic rings. The molecule has 0 bridgehead atoms. The van der Waals surface area contributed by atoms with E-state index in [-0.39, 0.29) is 17.9 Å². The van der Waals surface area contributed by atoms with E-state index in [4.69, 9.17) is 10.8 Å². The van der Waals surface area contributed by atoms with Gasteiger partial charge in [0, 0.05) is 31.4 Å². The fraction of sp³-hybridized carbons (Fsp3) is 0.615. The number of carboxylic acid groups (broad SMARTS) is 1. The first kappa shape index (κ1) is 14.5. The van der Waals surface area contributed by atoms with Gasteiger partial charge in [-0.1, -0.05) is 0 Å². The van der Waals surface area contributed by atoms with Crippen LogP contribution >= 0.6 is 0 Å². The molecule has 2 rings (SSSR count). The number of carbonyl (C=O) groups excluding carboxylic acids is 1. The first-order valence-electron chi connectivity index (χ1n) is 6.67. The number of piperidine rings is 1. The largest absolute Gasteiger partial charge is 0.481 e. The Bertz CT molecular complexity index is 513. The standard InChI is InChI=1S/C13H20N4O3/c1-8-5-9(13(19)20)3-4-17(8)12(18)11(14)10-6-15-16(2)7-10/h6-9,11H,3-5,14H2,1-2H3,(H,19,20). The number of aromatic nitrogens is 2. The van der Waals surface area contributed by atoms with E-state index in [0.717, 1.165) is 0 Å². The number of carboxylic acids is 1. The first-order valence-corrected chi connectivity index (χ1v) is 6.67. The molecule has 1 aromatic rings. The Kier molecular flexibility index (Phi) is 4.08. The monoisotopic (exact) mass is 280 g/mol. The van der Waals surface area contributed by atoms with Crippen LogP contribution in [-0.2, 0) is 16.6 Å². The van der Waals surface area contributed by atoms with Gasteiger partial charge in [0.25, 0.3) is 0 Å². The molecule has 1 amide bonds. The number of aliphatic carboxylic acids is 1. The third-order valence-electron chi connectivity index (χ3n) is 3.86. The van der Waals surface area contributed by atoms with Gasteiger partial charge in [0.1, 0.15) is 6.04 Å². The quantitative estimate of drug-likeness (QED) is 0.819. The summed E-state index contributed by atoms with van der Waals surface area (Å²) >= 11 is 0. The molecule has 3 N–H and O–H groups in total. The Morgan fingerprint density at radius 3 is 2.75 bits per heavy atom. The summed E-state index contributed by atoms with van der Waals surface area (Å²) in [7, 11) is 1.77. The van der Waals surface area contributed by atoms with Gasteiger partial charge in [-0.25, -0.2) is 0 Å². The summed E-state index contributed by atoms with van der Waals surface area (Å²) < 4.78 is 1.60. The van der Waals surface area contributed by atoms with Crippen molar-refractivity contribution in [3.8, 4) is 0 Å². The lowest BCUT2D eigenvalue weighted by Crippen LogP contribution is -2.49. The Hall–Kier alpha value is -1.89. The molecule has 110 valence electrons. The van der Waals surface area contributed by atoms with E-state index in [1.165, 1.54) is 0 Å². The van der Waals surface area contributed by atoms with E-state index < -0.39 is 12.0 Å². The molecular weight excluding hydrogens is 260 g/mol. The van der Waals surface area contributed by atoms with Gasteiger partial charge >= 0.3 is 5.97 Å². The second-order valence-corrected chi connectivity index (χ2v) is 5.37. The molecule has 1 aliphatic heterocycles. The van der Waals surface area contributed by atoms with E-state index in [1.54, 1.807) is 29.0 Å². The van der Waals surface area contributed by atoms with Crippen LogP contribution < -0.4 is 5.73 Å². The number of amides is 1. The molecular formula is C13H20N4O3. The highest BCUT2D eigenvalue weighted by Gasteiger charge is 2.34. The average Bonchev–Trinajstić information content (AvgIpc) is 2.83. The summed E-state index contributed by atoms with van der Waals surface area (Å²) in [5.74, 6) is -1.33. The lowest BCUT2D eigenvalue weighted by molar-refractivity contribution is -0.147. The molecule has 1 fully saturated rings. The molecule has 0 saturated carbocycles. The molecule has 7 heteroatoms. The third-order valence-corrected chi connectivity index (χ3v) is 3.86. The second kappa shape index (κ2) is 5.62. The minimum absolute atomic E-state index is 0.111. The van der Waals surface area contributed by atoms with Crippen molar-refractivity contribution in [3.05, 3.63) is 18.0 Å². The number of hydrogen-bond donors (Lipinski definition) is 2. The fourth-order valence-corrected chi connectivity index (χ4v) is 2.65. The average molecular weight is 280 g/mol. The second-order valence-electron chi connectivity index (χ2n) is 5.37. The lowest BCUT2D eigenvalue weighted by Gasteiger charge is -2.37. The van der Waals surface area contributed by atoms with Crippen LogP contribution in [0.4, 0.5) is 0 Å². The Morgan fingerprint density at radius 1 is 1.55 bits per heavy atom. The van der Waals surface area contributed by atoms with Crippen molar-refractivity contribution in [2.24, 2.45) is 18.7 Å². The van der Waals surface area contributed by atoms with Crippen molar-refractivity contribution in [1.82, 2.24) is 14.7 Å². The van der Waals surface area contributed by atoms with Gasteiger partial charge in [-0.2, -0.15) is 5.10 Å². The van der Waals surface area contributed by atoms with Gasteiger partial charge in [0.05, 0.1) is 12.1 Å². The summed E-state index contributed by atoms with van der Waals surface area (Å²) in [6.45, 7) is 2.30. The van der Waals surface area contributed by atoms with E-state index in [0.29, 0.717) is 24.9 Å². The lowest BCUT2D eigenvalue weighted by atomic mass is 9.91. The SMILES string of the molecule is CC1CC(C(=O)O)CCN1C(=O)C(N)c1cnn(C)c1. The number of hydrogen-bond acceptors (Lipinski definition) is 4. The van der Waals surface area contributed by atoms with Gasteiger partial charge in [-0.3, -0.25) is 14.3 Å². The highest BCUT2D eigenvalue weighted by molar-refractivity contribution is 5.83. The molecule has 0 aliphatic carbocycles. The topological polar surface area (TPSA) is 101 Å². The van der Waals surface area contributed by atoms with E-state index in [1.807, 2.05) is 6.92 Å². The highest BCUT2D eigenvalue weighted by Crippen LogP contribution is 2.25. The molecule has 0 radical (unpaired) electrons. The Morgan fingerprint density at radius 2 is 2.25 bits per heavy atom. The smallest absolute Gasteiger partial charge is 0.306 e. The highest BCUT2D eigenvalue weighted by atomic mass is 16.4. The summed E-state index contributed by atoms with van der Waals surface area (Å²) in [6.07, 6.45) is 4.25. The maximum Gasteiger partial charge on any atom is 0.306 e. The number of carbonyl (C=O) groups is 2. The van der Waals surface area contributed by atoms with E-state index >= 15 is 0 Å². The van der Waals surface area contributed by atoms with E-state index in [9.17, 15) is 9.59 Å². The summed E-state index contributed by atoms with van der Waals surface area (Å²) in [5, 5.41) is 13.0. The van der Waals surface area contributed by atoms with Crippen molar-refractivity contribution in [1.29, 1.82) is 0 Å². The predicted molar refractivity (Wildman–Crippen MR) is 71.7 cm³/mol. The van der Waals surface area contributed by atoms with Crippen LogP contribution in [0.1, 0.15) is 31.4 Å². The van der Waals surface area contributed by atoms with Crippen LogP contribution in [0.2, 0.25) is 0 Å². The minimum atomic E-state index is -0.791.